The number of benzene rings is 1. The number of hydrogen-bond acceptors (Lipinski definition) is 1. The predicted octanol–water partition coefficient (Wildman–Crippen LogP) is 4.42. The van der Waals surface area contributed by atoms with Crippen molar-refractivity contribution in [1.29, 1.82) is 0 Å². The Morgan fingerprint density at radius 3 is 2.53 bits per heavy atom. The highest BCUT2D eigenvalue weighted by Crippen LogP contribution is 2.16. The maximum atomic E-state index is 11.7. The molecule has 2 rings (SSSR count). The van der Waals surface area contributed by atoms with Gasteiger partial charge in [0.25, 0.3) is 0 Å². The summed E-state index contributed by atoms with van der Waals surface area (Å²) < 4.78 is 0. The van der Waals surface area contributed by atoms with Crippen molar-refractivity contribution in [1.82, 2.24) is 0 Å². The number of carbonyl (C=O) groups is 1. The Bertz CT molecular complexity index is 494. The van der Waals surface area contributed by atoms with Gasteiger partial charge in [-0.25, -0.2) is 0 Å². The third kappa shape index (κ3) is 4.51. The fraction of sp³-hybridized carbons (Fsp3) is 0.389. The first kappa shape index (κ1) is 13.8. The van der Waals surface area contributed by atoms with Crippen LogP contribution in [0.2, 0.25) is 0 Å². The van der Waals surface area contributed by atoms with Crippen molar-refractivity contribution in [2.24, 2.45) is 0 Å². The van der Waals surface area contributed by atoms with Gasteiger partial charge in [-0.3, -0.25) is 4.79 Å². The van der Waals surface area contributed by atoms with E-state index in [1.807, 2.05) is 6.08 Å². The quantitative estimate of drug-likeness (QED) is 0.626. The second kappa shape index (κ2) is 7.08. The summed E-state index contributed by atoms with van der Waals surface area (Å²) in [6, 6.07) is 8.66. The highest BCUT2D eigenvalue weighted by molar-refractivity contribution is 5.80. The van der Waals surface area contributed by atoms with Gasteiger partial charge in [0.1, 0.15) is 5.78 Å². The Morgan fingerprint density at radius 1 is 0.895 bits per heavy atom. The zero-order valence-corrected chi connectivity index (χ0v) is 11.7. The van der Waals surface area contributed by atoms with Crippen LogP contribution in [0.15, 0.2) is 48.1 Å². The van der Waals surface area contributed by atoms with Gasteiger partial charge in [0.2, 0.25) is 0 Å². The largest absolute Gasteiger partial charge is 0.299 e. The predicted molar refractivity (Wildman–Crippen MR) is 80.2 cm³/mol. The van der Waals surface area contributed by atoms with Crippen molar-refractivity contribution in [3.8, 4) is 0 Å². The summed E-state index contributed by atoms with van der Waals surface area (Å²) >= 11 is 0. The second-order valence-corrected chi connectivity index (χ2v) is 5.28. The van der Waals surface area contributed by atoms with Crippen molar-refractivity contribution in [2.45, 2.75) is 45.4 Å². The molecule has 1 aromatic rings. The molecule has 1 nitrogen and oxygen atoms in total. The van der Waals surface area contributed by atoms with E-state index < -0.39 is 0 Å². The Labute approximate surface area is 116 Å². The molecule has 0 bridgehead atoms. The molecule has 1 aliphatic carbocycles. The van der Waals surface area contributed by atoms with E-state index in [2.05, 4.69) is 43.3 Å². The van der Waals surface area contributed by atoms with E-state index in [1.54, 1.807) is 0 Å². The molecule has 1 aliphatic rings. The standard InChI is InChI=1S/C18H22O/c1-15-11-13-17-9-6-5-8-16(17)7-3-2-4-10-18(19)14-12-15/h2,4-6,8-9,11H,3,7,10,12-14H2,1H3/b4-2+,15-11+. The van der Waals surface area contributed by atoms with Gasteiger partial charge in [-0.2, -0.15) is 0 Å². The third-order valence-corrected chi connectivity index (χ3v) is 3.68. The summed E-state index contributed by atoms with van der Waals surface area (Å²) in [5.74, 6) is 0.348. The summed E-state index contributed by atoms with van der Waals surface area (Å²) in [4.78, 5) is 11.7. The van der Waals surface area contributed by atoms with E-state index in [9.17, 15) is 4.79 Å². The fourth-order valence-electron chi connectivity index (χ4n) is 2.40. The first-order valence-corrected chi connectivity index (χ1v) is 7.15. The summed E-state index contributed by atoms with van der Waals surface area (Å²) in [5.41, 5.74) is 4.17. The van der Waals surface area contributed by atoms with E-state index >= 15 is 0 Å². The van der Waals surface area contributed by atoms with Gasteiger partial charge in [-0.05, 0) is 43.7 Å². The summed E-state index contributed by atoms with van der Waals surface area (Å²) in [6.07, 6.45) is 11.7. The van der Waals surface area contributed by atoms with Crippen LogP contribution in [0.4, 0.5) is 0 Å². The Hall–Kier alpha value is -1.63. The van der Waals surface area contributed by atoms with Gasteiger partial charge in [0, 0.05) is 12.8 Å². The first-order chi connectivity index (χ1) is 9.25. The van der Waals surface area contributed by atoms with Crippen molar-refractivity contribution in [2.75, 3.05) is 0 Å². The molecule has 19 heavy (non-hydrogen) atoms. The molecule has 0 fully saturated rings. The summed E-state index contributed by atoms with van der Waals surface area (Å²) in [7, 11) is 0. The van der Waals surface area contributed by atoms with Crippen molar-refractivity contribution in [3.63, 3.8) is 0 Å². The Balaban J connectivity index is 2.18. The van der Waals surface area contributed by atoms with E-state index in [0.717, 1.165) is 25.7 Å². The van der Waals surface area contributed by atoms with E-state index in [0.29, 0.717) is 18.6 Å². The zero-order valence-electron chi connectivity index (χ0n) is 11.7. The summed E-state index contributed by atoms with van der Waals surface area (Å²) in [5, 5.41) is 0. The van der Waals surface area contributed by atoms with Crippen LogP contribution in [0, 0.1) is 0 Å². The van der Waals surface area contributed by atoms with Crippen LogP contribution < -0.4 is 0 Å². The first-order valence-electron chi connectivity index (χ1n) is 7.15. The van der Waals surface area contributed by atoms with E-state index in [-0.39, 0.29) is 0 Å². The van der Waals surface area contributed by atoms with E-state index in [4.69, 9.17) is 0 Å². The van der Waals surface area contributed by atoms with E-state index in [1.165, 1.54) is 16.7 Å². The molecule has 0 aromatic heterocycles. The van der Waals surface area contributed by atoms with Crippen LogP contribution in [0.1, 0.15) is 43.7 Å². The molecule has 0 aliphatic heterocycles. The zero-order chi connectivity index (χ0) is 13.5. The monoisotopic (exact) mass is 254 g/mol. The molecule has 1 heteroatoms. The Kier molecular flexibility index (Phi) is 5.14. The lowest BCUT2D eigenvalue weighted by molar-refractivity contribution is -0.118. The normalized spacial score (nSPS) is 22.2. The van der Waals surface area contributed by atoms with Gasteiger partial charge in [0.05, 0.1) is 0 Å². The Morgan fingerprint density at radius 2 is 1.68 bits per heavy atom. The van der Waals surface area contributed by atoms with Gasteiger partial charge < -0.3 is 0 Å². The van der Waals surface area contributed by atoms with Crippen molar-refractivity contribution in [3.05, 3.63) is 59.2 Å². The number of rotatable bonds is 0. The van der Waals surface area contributed by atoms with Gasteiger partial charge in [-0.1, -0.05) is 48.1 Å². The van der Waals surface area contributed by atoms with Gasteiger partial charge >= 0.3 is 0 Å². The maximum absolute atomic E-state index is 11.7. The topological polar surface area (TPSA) is 17.1 Å². The highest BCUT2D eigenvalue weighted by atomic mass is 16.1. The van der Waals surface area contributed by atoms with Crippen LogP contribution >= 0.6 is 0 Å². The molecule has 0 heterocycles. The second-order valence-electron chi connectivity index (χ2n) is 5.28. The number of aryl methyl sites for hydroxylation is 1. The lowest BCUT2D eigenvalue weighted by Crippen LogP contribution is -1.96. The molecule has 0 radical (unpaired) electrons. The molecule has 0 saturated carbocycles. The average molecular weight is 254 g/mol. The minimum Gasteiger partial charge on any atom is -0.299 e. The number of Topliss-reactive ketones (excluding diaryl/α,β-unsaturated/α-hetero) is 1. The van der Waals surface area contributed by atoms with Crippen LogP contribution in [0.25, 0.3) is 0 Å². The maximum Gasteiger partial charge on any atom is 0.136 e. The van der Waals surface area contributed by atoms with Crippen LogP contribution in [0.5, 0.6) is 0 Å². The minimum atomic E-state index is 0.348. The molecule has 0 N–H and O–H groups in total. The lowest BCUT2D eigenvalue weighted by Gasteiger charge is -2.07. The minimum absolute atomic E-state index is 0.348. The van der Waals surface area contributed by atoms with Crippen LogP contribution in [0.3, 0.4) is 0 Å². The molecule has 0 spiro atoms. The molecule has 0 saturated heterocycles. The van der Waals surface area contributed by atoms with Crippen LogP contribution in [-0.4, -0.2) is 5.78 Å². The number of hydrogen-bond donors (Lipinski definition) is 0. The van der Waals surface area contributed by atoms with Crippen molar-refractivity contribution < 1.29 is 4.79 Å². The number of ketones is 1. The molecule has 0 amide bonds. The third-order valence-electron chi connectivity index (χ3n) is 3.68. The number of fused-ring (bicyclic) bond motifs is 1. The molecular formula is C18H22O. The van der Waals surface area contributed by atoms with Gasteiger partial charge in [-0.15, -0.1) is 0 Å². The SMILES string of the molecule is C/C1=C\Cc2ccccc2CC/C=C/CC(=O)CC1. The average Bonchev–Trinajstić information content (AvgIpc) is 2.44. The number of carbonyl (C=O) groups excluding carboxylic acids is 1. The molecular weight excluding hydrogens is 232 g/mol. The molecule has 0 unspecified atom stereocenters. The fourth-order valence-corrected chi connectivity index (χ4v) is 2.40. The number of allylic oxidation sites excluding steroid dienone is 4. The smallest absolute Gasteiger partial charge is 0.136 e. The summed E-state index contributed by atoms with van der Waals surface area (Å²) in [6.45, 7) is 2.13. The molecule has 100 valence electrons. The molecule has 1 aromatic carbocycles. The van der Waals surface area contributed by atoms with Crippen molar-refractivity contribution >= 4 is 5.78 Å². The molecule has 0 atom stereocenters. The van der Waals surface area contributed by atoms with Gasteiger partial charge in [0.15, 0.2) is 0 Å². The lowest BCUT2D eigenvalue weighted by atomic mass is 9.99. The highest BCUT2D eigenvalue weighted by Gasteiger charge is 2.03. The van der Waals surface area contributed by atoms with Crippen LogP contribution in [-0.2, 0) is 17.6 Å².